The molecule has 0 radical (unpaired) electrons. The van der Waals surface area contributed by atoms with Gasteiger partial charge in [0.15, 0.2) is 23.5 Å². The van der Waals surface area contributed by atoms with E-state index in [0.717, 1.165) is 4.90 Å². The van der Waals surface area contributed by atoms with E-state index in [1.54, 1.807) is 0 Å². The fourth-order valence-corrected chi connectivity index (χ4v) is 4.13. The summed E-state index contributed by atoms with van der Waals surface area (Å²) < 4.78 is 98.4. The van der Waals surface area contributed by atoms with Crippen LogP contribution in [0.1, 0.15) is 22.3 Å². The van der Waals surface area contributed by atoms with E-state index in [9.17, 15) is 35.5 Å². The largest absolute Gasteiger partial charge is 0.431 e. The van der Waals surface area contributed by atoms with Gasteiger partial charge in [0, 0.05) is 12.6 Å². The highest BCUT2D eigenvalue weighted by Gasteiger charge is 2.52. The first kappa shape index (κ1) is 20.9. The van der Waals surface area contributed by atoms with Crippen molar-refractivity contribution in [1.29, 1.82) is 0 Å². The second-order valence-electron chi connectivity index (χ2n) is 6.88. The van der Waals surface area contributed by atoms with Crippen LogP contribution >= 0.6 is 15.9 Å². The molecule has 4 rings (SSSR count). The number of ketones is 1. The zero-order chi connectivity index (χ0) is 22.0. The van der Waals surface area contributed by atoms with Crippen LogP contribution < -0.4 is 0 Å². The standard InChI is InChI=1S/C18H10BrF7N2O2/c19-9-2-1-8-12(13(9)21)14(29)10(20)4-17(8)6-28-5-7(18(24,25)26)3-11(15(28)27-17)30-16(22)23/h1-3,5,10,16H,4,6H2/t10-,17?/m1/s1. The van der Waals surface area contributed by atoms with Crippen LogP contribution in [0.25, 0.3) is 0 Å². The van der Waals surface area contributed by atoms with E-state index >= 15 is 0 Å². The molecule has 0 amide bonds. The maximum Gasteiger partial charge on any atom is 0.417 e. The summed E-state index contributed by atoms with van der Waals surface area (Å²) in [5.41, 5.74) is -3.56. The minimum absolute atomic E-state index is 0.0395. The molecule has 0 fully saturated rings. The minimum atomic E-state index is -4.88. The van der Waals surface area contributed by atoms with E-state index in [4.69, 9.17) is 0 Å². The molecule has 30 heavy (non-hydrogen) atoms. The fourth-order valence-electron chi connectivity index (χ4n) is 3.80. The molecule has 1 unspecified atom stereocenters. The van der Waals surface area contributed by atoms with E-state index < -0.39 is 66.0 Å². The van der Waals surface area contributed by atoms with Crippen molar-refractivity contribution in [3.8, 4) is 0 Å². The predicted octanol–water partition coefficient (Wildman–Crippen LogP) is 5.01. The lowest BCUT2D eigenvalue weighted by Crippen LogP contribution is -2.42. The van der Waals surface area contributed by atoms with Gasteiger partial charge in [0.2, 0.25) is 0 Å². The Bertz CT molecular complexity index is 1030. The Kier molecular flexibility index (Phi) is 4.75. The number of halogens is 8. The highest BCUT2D eigenvalue weighted by Crippen LogP contribution is 2.47. The third-order valence-electron chi connectivity index (χ3n) is 5.01. The molecule has 160 valence electrons. The zero-order valence-corrected chi connectivity index (χ0v) is 16.2. The second-order valence-corrected chi connectivity index (χ2v) is 7.74. The summed E-state index contributed by atoms with van der Waals surface area (Å²) in [6, 6.07) is 2.56. The van der Waals surface area contributed by atoms with Crippen molar-refractivity contribution in [2.75, 3.05) is 6.54 Å². The van der Waals surface area contributed by atoms with Crippen LogP contribution in [0.15, 0.2) is 45.2 Å². The average molecular weight is 499 g/mol. The smallest absolute Gasteiger partial charge is 0.417 e. The summed E-state index contributed by atoms with van der Waals surface area (Å²) >= 11 is 2.90. The van der Waals surface area contributed by atoms with Gasteiger partial charge in [-0.2, -0.15) is 22.0 Å². The van der Waals surface area contributed by atoms with Crippen LogP contribution in [0.4, 0.5) is 30.7 Å². The number of hydrogen-bond acceptors (Lipinski definition) is 4. The molecule has 1 aromatic carbocycles. The van der Waals surface area contributed by atoms with Crippen LogP contribution in [-0.2, 0) is 10.3 Å². The Balaban J connectivity index is 1.88. The number of rotatable bonds is 2. The number of fused-ring (bicyclic) bond motifs is 3. The van der Waals surface area contributed by atoms with E-state index in [1.165, 1.54) is 12.1 Å². The monoisotopic (exact) mass is 498 g/mol. The van der Waals surface area contributed by atoms with Gasteiger partial charge in [-0.1, -0.05) is 6.07 Å². The molecule has 1 spiro atoms. The number of hydrogen-bond donors (Lipinski definition) is 0. The molecule has 0 saturated heterocycles. The number of carbonyl (C=O) groups excluding carboxylic acids is 1. The number of ether oxygens (including phenoxy) is 1. The highest BCUT2D eigenvalue weighted by atomic mass is 79.9. The molecular formula is C18H10BrF7N2O2. The van der Waals surface area contributed by atoms with Crippen molar-refractivity contribution in [3.63, 3.8) is 0 Å². The minimum Gasteiger partial charge on any atom is -0.431 e. The van der Waals surface area contributed by atoms with Gasteiger partial charge in [0.25, 0.3) is 0 Å². The molecule has 1 aliphatic carbocycles. The van der Waals surface area contributed by atoms with Gasteiger partial charge in [-0.25, -0.2) is 8.78 Å². The van der Waals surface area contributed by atoms with Gasteiger partial charge < -0.3 is 9.64 Å². The van der Waals surface area contributed by atoms with Crippen LogP contribution in [0, 0.1) is 5.82 Å². The number of benzene rings is 1. The van der Waals surface area contributed by atoms with Gasteiger partial charge in [-0.3, -0.25) is 9.79 Å². The average Bonchev–Trinajstić information content (AvgIpc) is 3.00. The molecular weight excluding hydrogens is 489 g/mol. The van der Waals surface area contributed by atoms with Crippen LogP contribution in [0.2, 0.25) is 0 Å². The highest BCUT2D eigenvalue weighted by molar-refractivity contribution is 9.10. The number of alkyl halides is 6. The Hall–Kier alpha value is -2.37. The summed E-state index contributed by atoms with van der Waals surface area (Å²) in [7, 11) is 0. The molecule has 4 nitrogen and oxygen atoms in total. The van der Waals surface area contributed by atoms with E-state index in [2.05, 4.69) is 25.7 Å². The first-order chi connectivity index (χ1) is 13.9. The number of Topliss-reactive ketones (excluding diaryl/α,β-unsaturated/α-hetero) is 1. The molecule has 2 aliphatic heterocycles. The van der Waals surface area contributed by atoms with Crippen molar-refractivity contribution >= 4 is 27.5 Å². The van der Waals surface area contributed by atoms with Gasteiger partial charge in [0.1, 0.15) is 11.4 Å². The van der Waals surface area contributed by atoms with Crippen LogP contribution in [0.5, 0.6) is 0 Å². The summed E-state index contributed by atoms with van der Waals surface area (Å²) in [6.45, 7) is -3.86. The Labute approximate surface area is 172 Å². The summed E-state index contributed by atoms with van der Waals surface area (Å²) in [5, 5.41) is 0. The van der Waals surface area contributed by atoms with Gasteiger partial charge in [0.05, 0.1) is 22.2 Å². The Morgan fingerprint density at radius 3 is 2.63 bits per heavy atom. The molecule has 0 N–H and O–H groups in total. The van der Waals surface area contributed by atoms with Gasteiger partial charge >= 0.3 is 12.8 Å². The van der Waals surface area contributed by atoms with Crippen molar-refractivity contribution < 1.29 is 40.3 Å². The van der Waals surface area contributed by atoms with Crippen molar-refractivity contribution in [2.24, 2.45) is 4.99 Å². The molecule has 0 bridgehead atoms. The lowest BCUT2D eigenvalue weighted by molar-refractivity contribution is -0.0981. The Morgan fingerprint density at radius 2 is 2.00 bits per heavy atom. The SMILES string of the molecule is O=C1c2c(ccc(Br)c2F)C2(C[C@H]1F)CN1C=C(C(F)(F)F)C=C(OC(F)F)C1=N2. The van der Waals surface area contributed by atoms with Crippen molar-refractivity contribution in [1.82, 2.24) is 4.90 Å². The lowest BCUT2D eigenvalue weighted by Gasteiger charge is -2.34. The van der Waals surface area contributed by atoms with Crippen molar-refractivity contribution in [3.05, 3.63) is 57.2 Å². The third kappa shape index (κ3) is 3.21. The molecule has 2 heterocycles. The fraction of sp³-hybridized carbons (Fsp3) is 0.333. The van der Waals surface area contributed by atoms with E-state index in [1.807, 2.05) is 0 Å². The molecule has 12 heteroatoms. The lowest BCUT2D eigenvalue weighted by atomic mass is 9.75. The first-order valence-corrected chi connectivity index (χ1v) is 9.21. The van der Waals surface area contributed by atoms with E-state index in [0.29, 0.717) is 12.3 Å². The van der Waals surface area contributed by atoms with E-state index in [-0.39, 0.29) is 15.9 Å². The quantitative estimate of drug-likeness (QED) is 0.538. The number of aliphatic imine (C=N–C) groups is 1. The maximum absolute atomic E-state index is 14.6. The number of carbonyl (C=O) groups is 1. The molecule has 2 atom stereocenters. The number of amidine groups is 1. The van der Waals surface area contributed by atoms with Gasteiger partial charge in [-0.15, -0.1) is 0 Å². The molecule has 0 aromatic heterocycles. The van der Waals surface area contributed by atoms with Crippen LogP contribution in [-0.4, -0.2) is 42.0 Å². The summed E-state index contributed by atoms with van der Waals surface area (Å²) in [6.07, 6.45) is -6.65. The topological polar surface area (TPSA) is 41.9 Å². The summed E-state index contributed by atoms with van der Waals surface area (Å²) in [4.78, 5) is 17.3. The number of nitrogens with zero attached hydrogens (tertiary/aromatic N) is 2. The van der Waals surface area contributed by atoms with Gasteiger partial charge in [-0.05, 0) is 33.6 Å². The predicted molar refractivity (Wildman–Crippen MR) is 93.1 cm³/mol. The van der Waals surface area contributed by atoms with Crippen LogP contribution in [0.3, 0.4) is 0 Å². The first-order valence-electron chi connectivity index (χ1n) is 8.42. The second kappa shape index (κ2) is 6.82. The number of allylic oxidation sites excluding steroid dienone is 2. The zero-order valence-electron chi connectivity index (χ0n) is 14.6. The molecule has 0 saturated carbocycles. The maximum atomic E-state index is 14.6. The normalized spacial score (nSPS) is 25.8. The molecule has 1 aromatic rings. The van der Waals surface area contributed by atoms with Crippen molar-refractivity contribution in [2.45, 2.75) is 30.9 Å². The Morgan fingerprint density at radius 1 is 1.30 bits per heavy atom. The third-order valence-corrected chi connectivity index (χ3v) is 5.63. The molecule has 3 aliphatic rings. The summed E-state index contributed by atoms with van der Waals surface area (Å²) in [5.74, 6) is -3.40.